The Hall–Kier alpha value is -3.05. The Labute approximate surface area is 211 Å². The van der Waals surface area contributed by atoms with Gasteiger partial charge in [0.25, 0.3) is 0 Å². The number of benzene rings is 1. The lowest BCUT2D eigenvalue weighted by molar-refractivity contribution is -0.140. The molecule has 1 aromatic carbocycles. The fourth-order valence-electron chi connectivity index (χ4n) is 3.73. The Morgan fingerprint density at radius 2 is 1.71 bits per heavy atom. The van der Waals surface area contributed by atoms with Crippen LogP contribution in [0.25, 0.3) is 5.69 Å². The number of aromatic nitrogens is 2. The van der Waals surface area contributed by atoms with Crippen LogP contribution in [0.15, 0.2) is 36.4 Å². The van der Waals surface area contributed by atoms with Crippen molar-refractivity contribution in [1.29, 1.82) is 0 Å². The second kappa shape index (κ2) is 11.1. The minimum atomic E-state index is -0.796. The van der Waals surface area contributed by atoms with Gasteiger partial charge in [0.1, 0.15) is 6.04 Å². The molecular weight excluding hydrogens is 468 g/mol. The predicted molar refractivity (Wildman–Crippen MR) is 136 cm³/mol. The summed E-state index contributed by atoms with van der Waals surface area (Å²) in [7, 11) is 0. The van der Waals surface area contributed by atoms with E-state index in [2.05, 4.69) is 23.0 Å². The van der Waals surface area contributed by atoms with Crippen molar-refractivity contribution < 1.29 is 19.1 Å². The number of aryl methyl sites for hydroxylation is 1. The Balaban J connectivity index is 1.63. The first kappa shape index (κ1) is 26.6. The smallest absolute Gasteiger partial charge is 0.391 e. The molecule has 2 aromatic rings. The molecule has 0 radical (unpaired) electrons. The number of piperazine rings is 1. The summed E-state index contributed by atoms with van der Waals surface area (Å²) in [6.07, 6.45) is -0.505. The van der Waals surface area contributed by atoms with Gasteiger partial charge in [0.15, 0.2) is 0 Å². The minimum absolute atomic E-state index is 0.181. The highest BCUT2D eigenvalue weighted by atomic mass is 32.1. The maximum atomic E-state index is 13.3. The molecule has 10 nitrogen and oxygen atoms in total. The number of thiol groups is 1. The summed E-state index contributed by atoms with van der Waals surface area (Å²) in [6, 6.07) is 9.58. The largest absolute Gasteiger partial charge is 0.416 e. The lowest BCUT2D eigenvalue weighted by atomic mass is 9.85. The number of hydrogen-bond donors (Lipinski definition) is 3. The number of nitrogens with zero attached hydrogens (tertiary/aromatic N) is 4. The van der Waals surface area contributed by atoms with Gasteiger partial charge in [-0.15, -0.1) is 0 Å². The summed E-state index contributed by atoms with van der Waals surface area (Å²) in [5.74, 6) is -0.113. The molecule has 1 aliphatic rings. The first-order valence-electron chi connectivity index (χ1n) is 11.6. The molecule has 35 heavy (non-hydrogen) atoms. The number of carbonyl (C=O) groups is 3. The highest BCUT2D eigenvalue weighted by molar-refractivity contribution is 7.80. The lowest BCUT2D eigenvalue weighted by Crippen LogP contribution is -2.61. The number of nitrogens with two attached hydrogens (primary N) is 1. The van der Waals surface area contributed by atoms with Crippen molar-refractivity contribution in [2.75, 3.05) is 31.9 Å². The molecule has 3 amide bonds. The average molecular weight is 503 g/mol. The molecule has 1 aromatic heterocycles. The van der Waals surface area contributed by atoms with E-state index in [0.717, 1.165) is 11.4 Å². The van der Waals surface area contributed by atoms with Crippen LogP contribution >= 0.6 is 12.6 Å². The molecule has 2 heterocycles. The van der Waals surface area contributed by atoms with Crippen molar-refractivity contribution in [2.24, 2.45) is 11.1 Å². The van der Waals surface area contributed by atoms with Crippen LogP contribution in [0.1, 0.15) is 26.5 Å². The number of nitrogens with one attached hydrogen (secondary N) is 1. The van der Waals surface area contributed by atoms with E-state index < -0.39 is 29.5 Å². The molecule has 11 heteroatoms. The van der Waals surface area contributed by atoms with Crippen LogP contribution in [0.3, 0.4) is 0 Å². The van der Waals surface area contributed by atoms with Crippen molar-refractivity contribution >= 4 is 30.5 Å². The monoisotopic (exact) mass is 502 g/mol. The third-order valence-corrected chi connectivity index (χ3v) is 6.17. The molecule has 1 saturated heterocycles. The number of para-hydroxylation sites is 1. The van der Waals surface area contributed by atoms with E-state index in [4.69, 9.17) is 10.5 Å². The van der Waals surface area contributed by atoms with Gasteiger partial charge in [-0.1, -0.05) is 39.0 Å². The van der Waals surface area contributed by atoms with Crippen LogP contribution in [0, 0.1) is 12.3 Å². The van der Waals surface area contributed by atoms with Gasteiger partial charge in [-0.2, -0.15) is 17.7 Å². The molecule has 1 fully saturated rings. The summed E-state index contributed by atoms with van der Waals surface area (Å²) in [4.78, 5) is 41.7. The van der Waals surface area contributed by atoms with Crippen molar-refractivity contribution in [3.8, 4) is 11.6 Å². The van der Waals surface area contributed by atoms with E-state index in [1.165, 1.54) is 0 Å². The summed E-state index contributed by atoms with van der Waals surface area (Å²) in [6.45, 7) is 8.75. The van der Waals surface area contributed by atoms with Gasteiger partial charge in [0.05, 0.1) is 17.4 Å². The molecule has 0 bridgehead atoms. The third-order valence-electron chi connectivity index (χ3n) is 5.77. The van der Waals surface area contributed by atoms with E-state index in [1.807, 2.05) is 58.0 Å². The first-order valence-corrected chi connectivity index (χ1v) is 12.2. The van der Waals surface area contributed by atoms with Crippen molar-refractivity contribution in [3.63, 3.8) is 0 Å². The predicted octanol–water partition coefficient (Wildman–Crippen LogP) is 1.61. The Morgan fingerprint density at radius 1 is 1.11 bits per heavy atom. The van der Waals surface area contributed by atoms with Crippen LogP contribution in [0.2, 0.25) is 0 Å². The summed E-state index contributed by atoms with van der Waals surface area (Å²) < 4.78 is 7.24. The molecule has 0 saturated carbocycles. The summed E-state index contributed by atoms with van der Waals surface area (Å²) >= 11 is 4.06. The van der Waals surface area contributed by atoms with Crippen LogP contribution in [0.5, 0.6) is 5.88 Å². The van der Waals surface area contributed by atoms with Crippen LogP contribution in [-0.2, 0) is 9.59 Å². The van der Waals surface area contributed by atoms with Crippen molar-refractivity contribution in [1.82, 2.24) is 24.9 Å². The van der Waals surface area contributed by atoms with E-state index >= 15 is 0 Å². The molecular formula is C24H34N6O4S. The Morgan fingerprint density at radius 3 is 2.29 bits per heavy atom. The fourth-order valence-corrected chi connectivity index (χ4v) is 3.90. The third kappa shape index (κ3) is 6.55. The van der Waals surface area contributed by atoms with Gasteiger partial charge in [-0.05, 0) is 24.5 Å². The fraction of sp³-hybridized carbons (Fsp3) is 0.500. The zero-order chi connectivity index (χ0) is 25.8. The average Bonchev–Trinajstić information content (AvgIpc) is 3.21. The van der Waals surface area contributed by atoms with E-state index in [0.29, 0.717) is 32.1 Å². The van der Waals surface area contributed by atoms with Gasteiger partial charge >= 0.3 is 6.09 Å². The molecule has 2 unspecified atom stereocenters. The van der Waals surface area contributed by atoms with E-state index in [9.17, 15) is 14.4 Å². The second-order valence-corrected chi connectivity index (χ2v) is 10.0. The zero-order valence-electron chi connectivity index (χ0n) is 20.6. The molecule has 190 valence electrons. The number of carbonyl (C=O) groups excluding carboxylic acids is 3. The van der Waals surface area contributed by atoms with Gasteiger partial charge in [0, 0.05) is 38.0 Å². The van der Waals surface area contributed by atoms with Crippen molar-refractivity contribution in [3.05, 3.63) is 42.1 Å². The summed E-state index contributed by atoms with van der Waals surface area (Å²) in [5.41, 5.74) is 6.76. The van der Waals surface area contributed by atoms with Crippen LogP contribution in [0.4, 0.5) is 4.79 Å². The number of ether oxygens (including phenoxy) is 1. The Kier molecular flexibility index (Phi) is 8.44. The quantitative estimate of drug-likeness (QED) is 0.516. The first-order chi connectivity index (χ1) is 16.5. The van der Waals surface area contributed by atoms with E-state index in [1.54, 1.807) is 20.5 Å². The van der Waals surface area contributed by atoms with Gasteiger partial charge in [-0.3, -0.25) is 9.59 Å². The van der Waals surface area contributed by atoms with E-state index in [-0.39, 0.29) is 11.7 Å². The molecule has 2 atom stereocenters. The highest BCUT2D eigenvalue weighted by Crippen LogP contribution is 2.23. The Bertz CT molecular complexity index is 1040. The minimum Gasteiger partial charge on any atom is -0.391 e. The highest BCUT2D eigenvalue weighted by Gasteiger charge is 2.38. The van der Waals surface area contributed by atoms with Gasteiger partial charge < -0.3 is 25.6 Å². The second-order valence-electron chi connectivity index (χ2n) is 9.65. The maximum Gasteiger partial charge on any atom is 0.416 e. The molecule has 0 aliphatic carbocycles. The molecule has 1 aliphatic heterocycles. The topological polar surface area (TPSA) is 123 Å². The SMILES string of the molecule is Cc1cc(OC(=O)N2CCN(C(=O)C(NC(=O)C(N)CS)C(C)(C)C)CC2)n(-c2ccccc2)n1. The maximum absolute atomic E-state index is 13.3. The lowest BCUT2D eigenvalue weighted by Gasteiger charge is -2.39. The zero-order valence-corrected chi connectivity index (χ0v) is 21.5. The van der Waals surface area contributed by atoms with Crippen LogP contribution < -0.4 is 15.8 Å². The summed E-state index contributed by atoms with van der Waals surface area (Å²) in [5, 5.41) is 7.20. The number of amides is 3. The molecule has 0 spiro atoms. The van der Waals surface area contributed by atoms with Gasteiger partial charge in [0.2, 0.25) is 17.7 Å². The molecule has 3 N–H and O–H groups in total. The van der Waals surface area contributed by atoms with Crippen LogP contribution in [-0.4, -0.2) is 81.5 Å². The normalized spacial score (nSPS) is 15.9. The van der Waals surface area contributed by atoms with Crippen molar-refractivity contribution in [2.45, 2.75) is 39.8 Å². The molecule has 3 rings (SSSR count). The number of rotatable bonds is 6. The van der Waals surface area contributed by atoms with Gasteiger partial charge in [-0.25, -0.2) is 9.48 Å². The number of hydrogen-bond acceptors (Lipinski definition) is 7. The standard InChI is InChI=1S/C24H34N6O4S/c1-16-14-19(30(27-16)17-8-6-5-7-9-17)34-23(33)29-12-10-28(11-13-29)22(32)20(24(2,3)4)26-21(31)18(25)15-35/h5-9,14,18,20,35H,10-13,15,25H2,1-4H3,(H,26,31).